The summed E-state index contributed by atoms with van der Waals surface area (Å²) in [5, 5.41) is 0. The Kier molecular flexibility index (Phi) is 1.09. The molecule has 0 amide bonds. The van der Waals surface area contributed by atoms with Crippen LogP contribution in [0.25, 0.3) is 0 Å². The number of rotatable bonds is 0. The lowest BCUT2D eigenvalue weighted by molar-refractivity contribution is 0.250. The smallest absolute Gasteiger partial charge is 0.309 e. The first-order chi connectivity index (χ1) is 3.22. The van der Waals surface area contributed by atoms with Gasteiger partial charge in [-0.15, -0.1) is 0 Å². The van der Waals surface area contributed by atoms with Gasteiger partial charge in [-0.2, -0.15) is 0 Å². The Hall–Kier alpha value is -0.0151. The van der Waals surface area contributed by atoms with E-state index in [9.17, 15) is 0 Å². The van der Waals surface area contributed by atoms with Crippen molar-refractivity contribution in [3.8, 4) is 0 Å². The SMILES string of the molecule is CB1N(C)CN1C. The van der Waals surface area contributed by atoms with E-state index >= 15 is 0 Å². The van der Waals surface area contributed by atoms with Crippen LogP contribution in [0.3, 0.4) is 0 Å². The van der Waals surface area contributed by atoms with Crippen molar-refractivity contribution in [2.75, 3.05) is 20.8 Å². The first-order valence-electron chi connectivity index (χ1n) is 2.62. The van der Waals surface area contributed by atoms with Crippen LogP contribution in [0.2, 0.25) is 6.82 Å². The summed E-state index contributed by atoms with van der Waals surface area (Å²) < 4.78 is 0. The molecule has 7 heavy (non-hydrogen) atoms. The fraction of sp³-hybridized carbons (Fsp3) is 1.00. The van der Waals surface area contributed by atoms with Crippen LogP contribution in [-0.2, 0) is 0 Å². The van der Waals surface area contributed by atoms with Crippen molar-refractivity contribution >= 4 is 6.98 Å². The van der Waals surface area contributed by atoms with Crippen LogP contribution in [0.15, 0.2) is 0 Å². The Morgan fingerprint density at radius 3 is 1.71 bits per heavy atom. The summed E-state index contributed by atoms with van der Waals surface area (Å²) in [4.78, 5) is 4.58. The van der Waals surface area contributed by atoms with Gasteiger partial charge >= 0.3 is 6.98 Å². The molecular weight excluding hydrogens is 86.9 g/mol. The Labute approximate surface area is 45.2 Å². The summed E-state index contributed by atoms with van der Waals surface area (Å²) in [5.41, 5.74) is 0. The minimum Gasteiger partial charge on any atom is -0.320 e. The summed E-state index contributed by atoms with van der Waals surface area (Å²) >= 11 is 0. The molecule has 1 heterocycles. The number of hydrogen-bond donors (Lipinski definition) is 0. The highest BCUT2D eigenvalue weighted by Crippen LogP contribution is 2.06. The van der Waals surface area contributed by atoms with Crippen molar-refractivity contribution in [3.05, 3.63) is 0 Å². The standard InChI is InChI=1S/C4H11BN2/c1-5-6(2)4-7(5)3/h4H2,1-3H3. The minimum atomic E-state index is 0.667. The molecule has 0 radical (unpaired) electrons. The maximum absolute atomic E-state index is 2.29. The maximum Gasteiger partial charge on any atom is 0.309 e. The molecule has 0 aromatic heterocycles. The third-order valence-corrected chi connectivity index (χ3v) is 1.72. The predicted molar refractivity (Wildman–Crippen MR) is 32.0 cm³/mol. The van der Waals surface area contributed by atoms with Crippen LogP contribution in [-0.4, -0.2) is 37.4 Å². The summed E-state index contributed by atoms with van der Waals surface area (Å²) in [6, 6.07) is 0. The molecular formula is C4H11BN2. The molecule has 0 aromatic rings. The third-order valence-electron chi connectivity index (χ3n) is 1.72. The van der Waals surface area contributed by atoms with Crippen LogP contribution >= 0.6 is 0 Å². The van der Waals surface area contributed by atoms with Gasteiger partial charge in [0.1, 0.15) is 0 Å². The monoisotopic (exact) mass is 98.1 g/mol. The van der Waals surface area contributed by atoms with Crippen LogP contribution in [0.4, 0.5) is 0 Å². The normalized spacial score (nSPS) is 25.3. The zero-order chi connectivity index (χ0) is 5.44. The molecule has 1 rings (SSSR count). The molecule has 0 N–H and O–H groups in total. The Morgan fingerprint density at radius 1 is 1.29 bits per heavy atom. The fourth-order valence-electron chi connectivity index (χ4n) is 0.828. The first-order valence-corrected chi connectivity index (χ1v) is 2.62. The van der Waals surface area contributed by atoms with Crippen molar-refractivity contribution in [2.45, 2.75) is 6.82 Å². The van der Waals surface area contributed by atoms with Crippen LogP contribution in [0, 0.1) is 0 Å². The highest BCUT2D eigenvalue weighted by molar-refractivity contribution is 6.53. The molecule has 1 fully saturated rings. The fourth-order valence-corrected chi connectivity index (χ4v) is 0.828. The molecule has 2 nitrogen and oxygen atoms in total. The van der Waals surface area contributed by atoms with E-state index in [0.29, 0.717) is 6.98 Å². The van der Waals surface area contributed by atoms with E-state index in [1.54, 1.807) is 0 Å². The second kappa shape index (κ2) is 1.49. The van der Waals surface area contributed by atoms with E-state index in [4.69, 9.17) is 0 Å². The quantitative estimate of drug-likeness (QED) is 0.391. The van der Waals surface area contributed by atoms with Crippen molar-refractivity contribution in [3.63, 3.8) is 0 Å². The zero-order valence-corrected chi connectivity index (χ0v) is 5.18. The lowest BCUT2D eigenvalue weighted by Gasteiger charge is -2.42. The zero-order valence-electron chi connectivity index (χ0n) is 5.18. The second-order valence-electron chi connectivity index (χ2n) is 2.29. The van der Waals surface area contributed by atoms with Crippen LogP contribution in [0.1, 0.15) is 0 Å². The molecule has 1 saturated heterocycles. The largest absolute Gasteiger partial charge is 0.320 e. The van der Waals surface area contributed by atoms with Crippen LogP contribution in [0.5, 0.6) is 0 Å². The molecule has 40 valence electrons. The van der Waals surface area contributed by atoms with E-state index in [2.05, 4.69) is 30.5 Å². The van der Waals surface area contributed by atoms with E-state index in [1.165, 1.54) is 0 Å². The topological polar surface area (TPSA) is 6.48 Å². The van der Waals surface area contributed by atoms with Gasteiger partial charge in [0.25, 0.3) is 0 Å². The van der Waals surface area contributed by atoms with E-state index < -0.39 is 0 Å². The second-order valence-corrected chi connectivity index (χ2v) is 2.29. The predicted octanol–water partition coefficient (Wildman–Crippen LogP) is -0.0609. The van der Waals surface area contributed by atoms with E-state index in [0.717, 1.165) is 6.67 Å². The molecule has 3 heteroatoms. The van der Waals surface area contributed by atoms with Crippen LogP contribution < -0.4 is 0 Å². The number of hydrogen-bond acceptors (Lipinski definition) is 2. The Morgan fingerprint density at radius 2 is 1.71 bits per heavy atom. The van der Waals surface area contributed by atoms with Gasteiger partial charge in [-0.1, -0.05) is 6.82 Å². The van der Waals surface area contributed by atoms with Crippen molar-refractivity contribution in [1.29, 1.82) is 0 Å². The molecule has 0 aliphatic carbocycles. The first kappa shape index (κ1) is 5.13. The Bertz CT molecular complexity index is 68.1. The highest BCUT2D eigenvalue weighted by Gasteiger charge is 2.29. The number of nitrogens with zero attached hydrogens (tertiary/aromatic N) is 2. The third kappa shape index (κ3) is 0.662. The Balaban J connectivity index is 2.29. The molecule has 0 saturated carbocycles. The average Bonchev–Trinajstić information content (AvgIpc) is 1.68. The van der Waals surface area contributed by atoms with Gasteiger partial charge in [0.05, 0.1) is 0 Å². The van der Waals surface area contributed by atoms with Gasteiger partial charge in [-0.05, 0) is 14.1 Å². The molecule has 0 unspecified atom stereocenters. The molecule has 0 atom stereocenters. The average molecular weight is 98.0 g/mol. The van der Waals surface area contributed by atoms with Crippen molar-refractivity contribution in [2.24, 2.45) is 0 Å². The van der Waals surface area contributed by atoms with Crippen molar-refractivity contribution in [1.82, 2.24) is 9.62 Å². The van der Waals surface area contributed by atoms with E-state index in [1.807, 2.05) is 0 Å². The van der Waals surface area contributed by atoms with Gasteiger partial charge in [-0.25, -0.2) is 0 Å². The van der Waals surface area contributed by atoms with Gasteiger partial charge in [0.15, 0.2) is 0 Å². The molecule has 0 aromatic carbocycles. The summed E-state index contributed by atoms with van der Waals surface area (Å²) in [6.45, 7) is 3.99. The summed E-state index contributed by atoms with van der Waals surface area (Å²) in [7, 11) is 4.26. The van der Waals surface area contributed by atoms with Gasteiger partial charge in [0.2, 0.25) is 0 Å². The summed E-state index contributed by atoms with van der Waals surface area (Å²) in [6.07, 6.45) is 0. The minimum absolute atomic E-state index is 0.667. The van der Waals surface area contributed by atoms with Crippen molar-refractivity contribution < 1.29 is 0 Å². The maximum atomic E-state index is 2.29. The molecule has 1 aliphatic heterocycles. The van der Waals surface area contributed by atoms with Gasteiger partial charge in [-0.3, -0.25) is 0 Å². The molecule has 0 spiro atoms. The summed E-state index contributed by atoms with van der Waals surface area (Å²) in [5.74, 6) is 0. The molecule has 0 bridgehead atoms. The molecule has 1 aliphatic rings. The lowest BCUT2D eigenvalue weighted by atomic mass is 9.71. The van der Waals surface area contributed by atoms with Gasteiger partial charge in [0, 0.05) is 6.67 Å². The highest BCUT2D eigenvalue weighted by atomic mass is 15.4. The lowest BCUT2D eigenvalue weighted by Crippen LogP contribution is -2.62. The van der Waals surface area contributed by atoms with E-state index in [-0.39, 0.29) is 0 Å². The van der Waals surface area contributed by atoms with Gasteiger partial charge < -0.3 is 9.62 Å².